The van der Waals surface area contributed by atoms with Crippen LogP contribution >= 0.6 is 0 Å². The lowest BCUT2D eigenvalue weighted by molar-refractivity contribution is 0.0538. The minimum absolute atomic E-state index is 0.172. The van der Waals surface area contributed by atoms with E-state index in [1.165, 1.54) is 0 Å². The molecule has 8 nitrogen and oxygen atoms in total. The average molecular weight is 330 g/mol. The molecule has 1 spiro atoms. The molecule has 4 rings (SSSR count). The van der Waals surface area contributed by atoms with Crippen LogP contribution in [0.25, 0.3) is 0 Å². The molecule has 1 atom stereocenters. The quantitative estimate of drug-likeness (QED) is 0.844. The van der Waals surface area contributed by atoms with Crippen LogP contribution in [0.5, 0.6) is 0 Å². The van der Waals surface area contributed by atoms with Crippen molar-refractivity contribution in [3.05, 3.63) is 42.4 Å². The number of hydrogen-bond acceptors (Lipinski definition) is 5. The van der Waals surface area contributed by atoms with Gasteiger partial charge in [0.15, 0.2) is 11.4 Å². The number of hydrogen-bond donors (Lipinski definition) is 0. The summed E-state index contributed by atoms with van der Waals surface area (Å²) in [5, 5.41) is 0. The summed E-state index contributed by atoms with van der Waals surface area (Å²) in [7, 11) is 1.70. The molecule has 2 aliphatic rings. The second kappa shape index (κ2) is 5.40. The van der Waals surface area contributed by atoms with E-state index in [4.69, 9.17) is 9.15 Å². The van der Waals surface area contributed by atoms with E-state index in [0.717, 1.165) is 0 Å². The maximum atomic E-state index is 12.6. The van der Waals surface area contributed by atoms with Gasteiger partial charge in [0.05, 0.1) is 26.0 Å². The number of carbonyl (C=O) groups is 2. The van der Waals surface area contributed by atoms with Gasteiger partial charge in [-0.3, -0.25) is 4.79 Å². The molecule has 126 valence electrons. The smallest absolute Gasteiger partial charge is 0.410 e. The Morgan fingerprint density at radius 3 is 2.96 bits per heavy atom. The first-order valence-electron chi connectivity index (χ1n) is 7.83. The number of carbonyl (C=O) groups excluding carboxylic acids is 2. The number of likely N-dealkylation sites (N-methyl/N-ethyl adjacent to an activating group) is 1. The highest BCUT2D eigenvalue weighted by atomic mass is 16.6. The highest BCUT2D eigenvalue weighted by Crippen LogP contribution is 2.32. The Morgan fingerprint density at radius 1 is 1.38 bits per heavy atom. The van der Waals surface area contributed by atoms with Gasteiger partial charge in [0, 0.05) is 32.4 Å². The number of nitrogens with zero attached hydrogens (tertiary/aromatic N) is 4. The molecule has 2 fully saturated rings. The number of ether oxygens (including phenoxy) is 1. The van der Waals surface area contributed by atoms with Crippen molar-refractivity contribution in [1.29, 1.82) is 0 Å². The fourth-order valence-corrected chi connectivity index (χ4v) is 3.32. The number of aromatic nitrogens is 2. The first-order chi connectivity index (χ1) is 11.5. The standard InChI is InChI=1S/C16H18N4O4/c1-18-9-16(24-15(18)22)4-6-20(10-16)14(21)13-3-2-12(23-13)8-19-7-5-17-11-19/h2-3,5,7,11H,4,6,8-10H2,1H3. The highest BCUT2D eigenvalue weighted by molar-refractivity contribution is 5.92. The summed E-state index contributed by atoms with van der Waals surface area (Å²) in [4.78, 5) is 31.4. The molecule has 2 aromatic heterocycles. The Morgan fingerprint density at radius 2 is 2.25 bits per heavy atom. The van der Waals surface area contributed by atoms with Crippen LogP contribution in [-0.4, -0.2) is 63.6 Å². The van der Waals surface area contributed by atoms with E-state index in [1.54, 1.807) is 41.5 Å². The minimum Gasteiger partial charge on any atom is -0.454 e. The topological polar surface area (TPSA) is 80.8 Å². The molecular weight excluding hydrogens is 312 g/mol. The number of amides is 2. The van der Waals surface area contributed by atoms with Crippen molar-refractivity contribution in [3.8, 4) is 0 Å². The molecule has 2 saturated heterocycles. The number of furan rings is 1. The predicted molar refractivity (Wildman–Crippen MR) is 82.4 cm³/mol. The molecule has 4 heterocycles. The van der Waals surface area contributed by atoms with Gasteiger partial charge in [-0.05, 0) is 12.1 Å². The molecule has 2 amide bonds. The first-order valence-corrected chi connectivity index (χ1v) is 7.83. The minimum atomic E-state index is -0.576. The molecule has 24 heavy (non-hydrogen) atoms. The summed E-state index contributed by atoms with van der Waals surface area (Å²) in [6.07, 6.45) is 5.54. The first kappa shape index (κ1) is 14.8. The van der Waals surface area contributed by atoms with Gasteiger partial charge in [0.1, 0.15) is 5.76 Å². The van der Waals surface area contributed by atoms with Gasteiger partial charge in [0.2, 0.25) is 0 Å². The maximum Gasteiger partial charge on any atom is 0.410 e. The van der Waals surface area contributed by atoms with E-state index < -0.39 is 5.60 Å². The average Bonchev–Trinajstić information content (AvgIpc) is 3.31. The predicted octanol–water partition coefficient (Wildman–Crippen LogP) is 1.19. The fraction of sp³-hybridized carbons (Fsp3) is 0.438. The lowest BCUT2D eigenvalue weighted by Gasteiger charge is -2.21. The lowest BCUT2D eigenvalue weighted by Crippen LogP contribution is -2.39. The number of rotatable bonds is 3. The van der Waals surface area contributed by atoms with Crippen LogP contribution in [0.3, 0.4) is 0 Å². The molecule has 1 unspecified atom stereocenters. The summed E-state index contributed by atoms with van der Waals surface area (Å²) in [5.41, 5.74) is -0.576. The molecule has 8 heteroatoms. The summed E-state index contributed by atoms with van der Waals surface area (Å²) >= 11 is 0. The second-order valence-corrected chi connectivity index (χ2v) is 6.38. The van der Waals surface area contributed by atoms with E-state index in [0.29, 0.717) is 44.1 Å². The van der Waals surface area contributed by atoms with E-state index >= 15 is 0 Å². The van der Waals surface area contributed by atoms with Crippen molar-refractivity contribution in [2.45, 2.75) is 18.6 Å². The Labute approximate surface area is 138 Å². The van der Waals surface area contributed by atoms with Crippen LogP contribution in [-0.2, 0) is 11.3 Å². The zero-order valence-electron chi connectivity index (χ0n) is 13.3. The third-order valence-electron chi connectivity index (χ3n) is 4.51. The van der Waals surface area contributed by atoms with Gasteiger partial charge in [-0.1, -0.05) is 0 Å². The molecule has 0 saturated carbocycles. The van der Waals surface area contributed by atoms with Crippen LogP contribution in [0.4, 0.5) is 4.79 Å². The van der Waals surface area contributed by atoms with Gasteiger partial charge < -0.3 is 23.5 Å². The molecule has 2 aromatic rings. The fourth-order valence-electron chi connectivity index (χ4n) is 3.32. The number of imidazole rings is 1. The van der Waals surface area contributed by atoms with Crippen LogP contribution in [0.15, 0.2) is 35.3 Å². The summed E-state index contributed by atoms with van der Waals surface area (Å²) in [6.45, 7) is 2.00. The maximum absolute atomic E-state index is 12.6. The zero-order chi connectivity index (χ0) is 16.7. The SMILES string of the molecule is CN1CC2(CCN(C(=O)c3ccc(Cn4ccnc4)o3)C2)OC1=O. The third-order valence-corrected chi connectivity index (χ3v) is 4.51. The van der Waals surface area contributed by atoms with E-state index in [2.05, 4.69) is 4.98 Å². The van der Waals surface area contributed by atoms with Crippen molar-refractivity contribution in [1.82, 2.24) is 19.4 Å². The van der Waals surface area contributed by atoms with E-state index in [1.807, 2.05) is 10.8 Å². The van der Waals surface area contributed by atoms with Crippen LogP contribution in [0.1, 0.15) is 22.7 Å². The molecule has 0 N–H and O–H groups in total. The van der Waals surface area contributed by atoms with Gasteiger partial charge in [-0.25, -0.2) is 9.78 Å². The van der Waals surface area contributed by atoms with Crippen LogP contribution < -0.4 is 0 Å². The van der Waals surface area contributed by atoms with Crippen molar-refractivity contribution < 1.29 is 18.7 Å². The number of likely N-dealkylation sites (tertiary alicyclic amines) is 1. The zero-order valence-corrected chi connectivity index (χ0v) is 13.3. The molecule has 0 radical (unpaired) electrons. The van der Waals surface area contributed by atoms with Crippen molar-refractivity contribution in [2.75, 3.05) is 26.7 Å². The van der Waals surface area contributed by atoms with Crippen molar-refractivity contribution >= 4 is 12.0 Å². The Hall–Kier alpha value is -2.77. The van der Waals surface area contributed by atoms with Crippen LogP contribution in [0, 0.1) is 0 Å². The molecule has 0 aliphatic carbocycles. The largest absolute Gasteiger partial charge is 0.454 e. The normalized spacial score (nSPS) is 23.3. The molecular formula is C16H18N4O4. The van der Waals surface area contributed by atoms with Crippen molar-refractivity contribution in [3.63, 3.8) is 0 Å². The van der Waals surface area contributed by atoms with Gasteiger partial charge in [0.25, 0.3) is 5.91 Å². The summed E-state index contributed by atoms with van der Waals surface area (Å²) < 4.78 is 13.0. The molecule has 2 aliphatic heterocycles. The Kier molecular flexibility index (Phi) is 3.33. The van der Waals surface area contributed by atoms with Gasteiger partial charge >= 0.3 is 6.09 Å². The second-order valence-electron chi connectivity index (χ2n) is 6.38. The summed E-state index contributed by atoms with van der Waals surface area (Å²) in [5.74, 6) is 0.825. The van der Waals surface area contributed by atoms with E-state index in [-0.39, 0.29) is 12.0 Å². The van der Waals surface area contributed by atoms with Gasteiger partial charge in [-0.2, -0.15) is 0 Å². The Balaban J connectivity index is 1.43. The summed E-state index contributed by atoms with van der Waals surface area (Å²) in [6, 6.07) is 3.48. The van der Waals surface area contributed by atoms with Crippen molar-refractivity contribution in [2.24, 2.45) is 0 Å². The Bertz CT molecular complexity index is 769. The molecule has 0 bridgehead atoms. The highest BCUT2D eigenvalue weighted by Gasteiger charge is 2.49. The lowest BCUT2D eigenvalue weighted by atomic mass is 10.0. The molecule has 0 aromatic carbocycles. The monoisotopic (exact) mass is 330 g/mol. The van der Waals surface area contributed by atoms with E-state index in [9.17, 15) is 9.59 Å². The van der Waals surface area contributed by atoms with Crippen LogP contribution in [0.2, 0.25) is 0 Å². The third kappa shape index (κ3) is 2.53. The van der Waals surface area contributed by atoms with Gasteiger partial charge in [-0.15, -0.1) is 0 Å².